The number of nitrogens with two attached hydrogens (primary N) is 1. The summed E-state index contributed by atoms with van der Waals surface area (Å²) in [5.41, 5.74) is 6.73. The smallest absolute Gasteiger partial charge is 0.274 e. The van der Waals surface area contributed by atoms with Gasteiger partial charge in [0.1, 0.15) is 23.2 Å². The Morgan fingerprint density at radius 1 is 1.48 bits per heavy atom. The molecule has 0 aliphatic carbocycles. The Labute approximate surface area is 118 Å². The van der Waals surface area contributed by atoms with E-state index in [-0.39, 0.29) is 11.3 Å². The summed E-state index contributed by atoms with van der Waals surface area (Å²) in [5, 5.41) is 9.78. The lowest BCUT2D eigenvalue weighted by molar-refractivity contribution is 0.624. The number of aryl methyl sites for hydroxylation is 1. The van der Waals surface area contributed by atoms with Crippen molar-refractivity contribution in [1.29, 1.82) is 5.26 Å². The lowest BCUT2D eigenvalue weighted by Gasteiger charge is -2.08. The minimum atomic E-state index is -0.486. The van der Waals surface area contributed by atoms with E-state index in [2.05, 4.69) is 9.97 Å². The number of hydrogen-bond acceptors (Lipinski definition) is 4. The first-order valence-corrected chi connectivity index (χ1v) is 6.05. The summed E-state index contributed by atoms with van der Waals surface area (Å²) in [7, 11) is 1.54. The van der Waals surface area contributed by atoms with Gasteiger partial charge in [-0.15, -0.1) is 0 Å². The molecule has 0 aliphatic rings. The first-order valence-electron chi connectivity index (χ1n) is 6.05. The number of nitrogen functional groups attached to an aromatic ring is 1. The van der Waals surface area contributed by atoms with Crippen molar-refractivity contribution in [2.45, 2.75) is 0 Å². The third kappa shape index (κ3) is 1.85. The lowest BCUT2D eigenvalue weighted by atomic mass is 10.0. The van der Waals surface area contributed by atoms with Gasteiger partial charge in [0.05, 0.1) is 11.8 Å². The van der Waals surface area contributed by atoms with E-state index in [1.165, 1.54) is 23.9 Å². The Balaban J connectivity index is 2.41. The van der Waals surface area contributed by atoms with Crippen LogP contribution in [0.3, 0.4) is 0 Å². The number of hydrogen-bond donors (Lipinski definition) is 2. The van der Waals surface area contributed by atoms with Crippen molar-refractivity contribution in [2.24, 2.45) is 7.05 Å². The number of anilines is 1. The normalized spacial score (nSPS) is 10.7. The second-order valence-electron chi connectivity index (χ2n) is 4.61. The van der Waals surface area contributed by atoms with Crippen LogP contribution >= 0.6 is 0 Å². The van der Waals surface area contributed by atoms with Crippen molar-refractivity contribution in [2.75, 3.05) is 5.73 Å². The number of halogens is 1. The van der Waals surface area contributed by atoms with Crippen LogP contribution in [0.5, 0.6) is 0 Å². The maximum absolute atomic E-state index is 13.4. The topological polar surface area (TPSA) is 100 Å². The third-order valence-corrected chi connectivity index (χ3v) is 3.31. The molecule has 0 saturated carbocycles. The molecule has 0 saturated heterocycles. The summed E-state index contributed by atoms with van der Waals surface area (Å²) in [4.78, 5) is 18.6. The number of nitriles is 1. The minimum Gasteiger partial charge on any atom is -0.393 e. The molecule has 3 N–H and O–H groups in total. The van der Waals surface area contributed by atoms with Crippen LogP contribution in [0.4, 0.5) is 10.1 Å². The van der Waals surface area contributed by atoms with Gasteiger partial charge in [-0.2, -0.15) is 5.26 Å². The van der Waals surface area contributed by atoms with Gasteiger partial charge >= 0.3 is 0 Å². The highest BCUT2D eigenvalue weighted by Gasteiger charge is 2.17. The van der Waals surface area contributed by atoms with Gasteiger partial charge < -0.3 is 15.3 Å². The van der Waals surface area contributed by atoms with E-state index in [1.807, 2.05) is 6.07 Å². The highest BCUT2D eigenvalue weighted by Crippen LogP contribution is 2.31. The van der Waals surface area contributed by atoms with Gasteiger partial charge in [-0.05, 0) is 6.07 Å². The maximum atomic E-state index is 13.4. The van der Waals surface area contributed by atoms with Crippen molar-refractivity contribution in [3.05, 3.63) is 46.4 Å². The van der Waals surface area contributed by atoms with Crippen LogP contribution in [0.1, 0.15) is 5.56 Å². The van der Waals surface area contributed by atoms with Gasteiger partial charge in [-0.25, -0.2) is 9.37 Å². The molecule has 3 aromatic rings. The molecular weight excluding hydrogens is 273 g/mol. The van der Waals surface area contributed by atoms with Crippen molar-refractivity contribution in [3.63, 3.8) is 0 Å². The molecular formula is C14H10FN5O. The Kier molecular flexibility index (Phi) is 2.73. The fourth-order valence-corrected chi connectivity index (χ4v) is 2.28. The summed E-state index contributed by atoms with van der Waals surface area (Å²) >= 11 is 0. The predicted molar refractivity (Wildman–Crippen MR) is 75.9 cm³/mol. The van der Waals surface area contributed by atoms with Crippen molar-refractivity contribution >= 4 is 16.7 Å². The number of nitrogens with zero attached hydrogens (tertiary/aromatic N) is 3. The van der Waals surface area contributed by atoms with E-state index < -0.39 is 11.4 Å². The van der Waals surface area contributed by atoms with Crippen LogP contribution < -0.4 is 11.3 Å². The molecule has 0 fully saturated rings. The van der Waals surface area contributed by atoms with E-state index in [1.54, 1.807) is 6.20 Å². The van der Waals surface area contributed by atoms with Crippen molar-refractivity contribution in [1.82, 2.24) is 14.5 Å². The van der Waals surface area contributed by atoms with Gasteiger partial charge in [-0.3, -0.25) is 4.79 Å². The first-order chi connectivity index (χ1) is 10.0. The molecule has 3 rings (SSSR count). The molecule has 104 valence electrons. The first kappa shape index (κ1) is 12.9. The second-order valence-corrected chi connectivity index (χ2v) is 4.61. The molecule has 0 aliphatic heterocycles. The standard InChI is InChI=1S/C14H10FN5O/c1-20-6-11(9(3-16)12(17)14(20)21)10-5-19-13-8(10)2-7(15)4-18-13/h2,4-6H,17H2,1H3,(H,18,19). The van der Waals surface area contributed by atoms with E-state index in [0.29, 0.717) is 22.2 Å². The Morgan fingerprint density at radius 3 is 2.95 bits per heavy atom. The Morgan fingerprint density at radius 2 is 2.24 bits per heavy atom. The Hall–Kier alpha value is -3.14. The number of fused-ring (bicyclic) bond motifs is 1. The Bertz CT molecular complexity index is 964. The average Bonchev–Trinajstić information content (AvgIpc) is 2.87. The molecule has 0 aromatic carbocycles. The molecule has 3 heterocycles. The molecule has 7 heteroatoms. The number of nitrogens with one attached hydrogen (secondary N) is 1. The summed E-state index contributed by atoms with van der Waals surface area (Å²) in [6.07, 6.45) is 4.21. The van der Waals surface area contributed by atoms with Gasteiger partial charge in [0, 0.05) is 36.0 Å². The molecule has 21 heavy (non-hydrogen) atoms. The predicted octanol–water partition coefficient (Wildman–Crippen LogP) is 1.52. The van der Waals surface area contributed by atoms with E-state index in [0.717, 1.165) is 6.20 Å². The fourth-order valence-electron chi connectivity index (χ4n) is 2.28. The highest BCUT2D eigenvalue weighted by atomic mass is 19.1. The summed E-state index contributed by atoms with van der Waals surface area (Å²) in [5.74, 6) is -0.486. The maximum Gasteiger partial charge on any atom is 0.274 e. The number of aromatic amines is 1. The molecule has 0 atom stereocenters. The van der Waals surface area contributed by atoms with Crippen molar-refractivity contribution in [3.8, 4) is 17.2 Å². The zero-order valence-corrected chi connectivity index (χ0v) is 11.0. The molecule has 0 unspecified atom stereocenters. The SMILES string of the molecule is Cn1cc(-c2c[nH]c3ncc(F)cc23)c(C#N)c(N)c1=O. The number of H-pyrrole nitrogens is 1. The van der Waals surface area contributed by atoms with Gasteiger partial charge in [0.15, 0.2) is 0 Å². The third-order valence-electron chi connectivity index (χ3n) is 3.31. The fraction of sp³-hybridized carbons (Fsp3) is 0.0714. The van der Waals surface area contributed by atoms with Gasteiger partial charge in [-0.1, -0.05) is 0 Å². The van der Waals surface area contributed by atoms with Crippen LogP contribution in [0, 0.1) is 17.1 Å². The number of pyridine rings is 2. The second kappa shape index (κ2) is 4.45. The minimum absolute atomic E-state index is 0.0725. The summed E-state index contributed by atoms with van der Waals surface area (Å²) in [6.45, 7) is 0. The van der Waals surface area contributed by atoms with Crippen LogP contribution in [0.15, 0.2) is 29.5 Å². The van der Waals surface area contributed by atoms with Crippen LogP contribution in [0.2, 0.25) is 0 Å². The average molecular weight is 283 g/mol. The molecule has 6 nitrogen and oxygen atoms in total. The summed E-state index contributed by atoms with van der Waals surface area (Å²) < 4.78 is 14.7. The van der Waals surface area contributed by atoms with Gasteiger partial charge in [0.2, 0.25) is 0 Å². The van der Waals surface area contributed by atoms with E-state index in [4.69, 9.17) is 5.73 Å². The summed E-state index contributed by atoms with van der Waals surface area (Å²) in [6, 6.07) is 3.25. The number of aromatic nitrogens is 3. The molecule has 3 aromatic heterocycles. The van der Waals surface area contributed by atoms with E-state index in [9.17, 15) is 14.4 Å². The van der Waals surface area contributed by atoms with Crippen LogP contribution in [-0.2, 0) is 7.05 Å². The zero-order chi connectivity index (χ0) is 15.1. The van der Waals surface area contributed by atoms with E-state index >= 15 is 0 Å². The van der Waals surface area contributed by atoms with Crippen LogP contribution in [0.25, 0.3) is 22.2 Å². The molecule has 0 amide bonds. The van der Waals surface area contributed by atoms with Crippen LogP contribution in [-0.4, -0.2) is 14.5 Å². The molecule has 0 bridgehead atoms. The van der Waals surface area contributed by atoms with Gasteiger partial charge in [0.25, 0.3) is 5.56 Å². The number of rotatable bonds is 1. The largest absolute Gasteiger partial charge is 0.393 e. The molecule has 0 radical (unpaired) electrons. The monoisotopic (exact) mass is 283 g/mol. The highest BCUT2D eigenvalue weighted by molar-refractivity contribution is 5.95. The zero-order valence-electron chi connectivity index (χ0n) is 11.0. The quantitative estimate of drug-likeness (QED) is 0.707. The lowest BCUT2D eigenvalue weighted by Crippen LogP contribution is -2.21. The van der Waals surface area contributed by atoms with Crippen molar-refractivity contribution < 1.29 is 4.39 Å². The molecule has 0 spiro atoms.